The van der Waals surface area contributed by atoms with Crippen LogP contribution in [0, 0.1) is 5.92 Å². The lowest BCUT2D eigenvalue weighted by atomic mass is 10.0. The summed E-state index contributed by atoms with van der Waals surface area (Å²) < 4.78 is 0. The molecule has 0 aliphatic carbocycles. The van der Waals surface area contributed by atoms with Gasteiger partial charge in [-0.3, -0.25) is 14.4 Å². The van der Waals surface area contributed by atoms with E-state index in [0.717, 1.165) is 0 Å². The summed E-state index contributed by atoms with van der Waals surface area (Å²) in [5.74, 6) is -2.48. The molecule has 0 spiro atoms. The van der Waals surface area contributed by atoms with Crippen LogP contribution in [0.3, 0.4) is 0 Å². The molecule has 0 saturated carbocycles. The van der Waals surface area contributed by atoms with Gasteiger partial charge in [-0.2, -0.15) is 0 Å². The van der Waals surface area contributed by atoms with Crippen LogP contribution in [-0.4, -0.2) is 58.4 Å². The molecule has 0 aromatic heterocycles. The van der Waals surface area contributed by atoms with E-state index in [0.29, 0.717) is 25.8 Å². The Morgan fingerprint density at radius 2 is 1.92 bits per heavy atom. The maximum Gasteiger partial charge on any atom is 0.326 e. The highest BCUT2D eigenvalue weighted by Crippen LogP contribution is 2.20. The second-order valence-corrected chi connectivity index (χ2v) is 6.83. The van der Waals surface area contributed by atoms with Gasteiger partial charge in [0.15, 0.2) is 0 Å². The Hall–Kier alpha value is -2.16. The van der Waals surface area contributed by atoms with Gasteiger partial charge in [0.2, 0.25) is 17.7 Å². The van der Waals surface area contributed by atoms with Crippen molar-refractivity contribution >= 4 is 23.7 Å². The molecule has 0 aromatic rings. The smallest absolute Gasteiger partial charge is 0.326 e. The Kier molecular flexibility index (Phi) is 7.82. The van der Waals surface area contributed by atoms with Gasteiger partial charge in [0, 0.05) is 13.0 Å². The fourth-order valence-corrected chi connectivity index (χ4v) is 2.94. The number of aliphatic carboxylic acids is 1. The van der Waals surface area contributed by atoms with Gasteiger partial charge >= 0.3 is 5.97 Å². The number of amides is 3. The lowest BCUT2D eigenvalue weighted by Crippen LogP contribution is -2.54. The van der Waals surface area contributed by atoms with Gasteiger partial charge in [-0.05, 0) is 31.6 Å². The topological polar surface area (TPSA) is 156 Å². The highest BCUT2D eigenvalue weighted by Gasteiger charge is 2.37. The largest absolute Gasteiger partial charge is 0.480 e. The van der Waals surface area contributed by atoms with E-state index >= 15 is 0 Å². The van der Waals surface area contributed by atoms with Gasteiger partial charge in [-0.1, -0.05) is 13.8 Å². The molecule has 0 bridgehead atoms. The standard InChI is InChI=1S/C16H28N4O5/c1-9(2)8-10(17)15(23)20-7-3-4-12(20)14(22)19-11(16(24)25)5-6-13(18)21/h9-12H,3-8,17H2,1-2H3,(H2,18,21)(H,19,22)(H,24,25). The Morgan fingerprint density at radius 1 is 1.28 bits per heavy atom. The van der Waals surface area contributed by atoms with E-state index in [2.05, 4.69) is 5.32 Å². The van der Waals surface area contributed by atoms with Crippen LogP contribution in [0.15, 0.2) is 0 Å². The maximum atomic E-state index is 12.5. The van der Waals surface area contributed by atoms with Crippen molar-refractivity contribution < 1.29 is 24.3 Å². The van der Waals surface area contributed by atoms with Crippen molar-refractivity contribution in [1.29, 1.82) is 0 Å². The summed E-state index contributed by atoms with van der Waals surface area (Å²) in [6.07, 6.45) is 1.37. The molecule has 1 rings (SSSR count). The van der Waals surface area contributed by atoms with E-state index < -0.39 is 35.9 Å². The Labute approximate surface area is 147 Å². The summed E-state index contributed by atoms with van der Waals surface area (Å²) in [5.41, 5.74) is 10.9. The highest BCUT2D eigenvalue weighted by molar-refractivity contribution is 5.92. The second kappa shape index (κ2) is 9.36. The minimum Gasteiger partial charge on any atom is -0.480 e. The fraction of sp³-hybridized carbons (Fsp3) is 0.750. The van der Waals surface area contributed by atoms with Crippen LogP contribution < -0.4 is 16.8 Å². The van der Waals surface area contributed by atoms with Crippen molar-refractivity contribution in [1.82, 2.24) is 10.2 Å². The number of carbonyl (C=O) groups is 4. The first-order valence-electron chi connectivity index (χ1n) is 8.51. The number of hydrogen-bond donors (Lipinski definition) is 4. The zero-order valence-corrected chi connectivity index (χ0v) is 14.7. The van der Waals surface area contributed by atoms with Crippen LogP contribution in [0.1, 0.15) is 46.0 Å². The van der Waals surface area contributed by atoms with Gasteiger partial charge in [0.05, 0.1) is 6.04 Å². The van der Waals surface area contributed by atoms with Crippen LogP contribution in [0.2, 0.25) is 0 Å². The molecule has 25 heavy (non-hydrogen) atoms. The summed E-state index contributed by atoms with van der Waals surface area (Å²) in [4.78, 5) is 48.4. The normalized spacial score (nSPS) is 19.5. The number of nitrogens with zero attached hydrogens (tertiary/aromatic N) is 1. The van der Waals surface area contributed by atoms with Gasteiger partial charge in [0.1, 0.15) is 12.1 Å². The van der Waals surface area contributed by atoms with Crippen molar-refractivity contribution in [3.8, 4) is 0 Å². The summed E-state index contributed by atoms with van der Waals surface area (Å²) in [6.45, 7) is 4.33. The molecule has 9 heteroatoms. The van der Waals surface area contributed by atoms with E-state index in [-0.39, 0.29) is 24.7 Å². The molecule has 3 unspecified atom stereocenters. The molecule has 1 fully saturated rings. The molecule has 3 amide bonds. The monoisotopic (exact) mass is 356 g/mol. The number of likely N-dealkylation sites (tertiary alicyclic amines) is 1. The lowest BCUT2D eigenvalue weighted by Gasteiger charge is -2.28. The van der Waals surface area contributed by atoms with E-state index in [9.17, 15) is 24.3 Å². The number of carbonyl (C=O) groups excluding carboxylic acids is 3. The Morgan fingerprint density at radius 3 is 2.44 bits per heavy atom. The van der Waals surface area contributed by atoms with Crippen molar-refractivity contribution in [2.24, 2.45) is 17.4 Å². The number of nitrogens with one attached hydrogen (secondary N) is 1. The molecule has 1 aliphatic rings. The van der Waals surface area contributed by atoms with E-state index in [1.807, 2.05) is 13.8 Å². The molecule has 6 N–H and O–H groups in total. The third-order valence-corrected chi connectivity index (χ3v) is 4.18. The van der Waals surface area contributed by atoms with Crippen molar-refractivity contribution in [2.75, 3.05) is 6.54 Å². The molecule has 142 valence electrons. The molecule has 9 nitrogen and oxygen atoms in total. The predicted octanol–water partition coefficient (Wildman–Crippen LogP) is -0.814. The molecular formula is C16H28N4O5. The number of primary amides is 1. The number of nitrogens with two attached hydrogens (primary N) is 2. The van der Waals surface area contributed by atoms with Crippen molar-refractivity contribution in [2.45, 2.75) is 64.1 Å². The van der Waals surface area contributed by atoms with Crippen LogP contribution in [-0.2, 0) is 19.2 Å². The Balaban J connectivity index is 2.72. The van der Waals surface area contributed by atoms with Gasteiger partial charge in [-0.15, -0.1) is 0 Å². The first-order chi connectivity index (χ1) is 11.6. The molecule has 1 aliphatic heterocycles. The lowest BCUT2D eigenvalue weighted by molar-refractivity contribution is -0.144. The van der Waals surface area contributed by atoms with Crippen molar-refractivity contribution in [3.05, 3.63) is 0 Å². The van der Waals surface area contributed by atoms with E-state index in [1.165, 1.54) is 4.90 Å². The molecule has 1 heterocycles. The third-order valence-electron chi connectivity index (χ3n) is 4.18. The predicted molar refractivity (Wildman–Crippen MR) is 90.2 cm³/mol. The van der Waals surface area contributed by atoms with Gasteiger partial charge in [-0.25, -0.2) is 4.79 Å². The number of hydrogen-bond acceptors (Lipinski definition) is 5. The SMILES string of the molecule is CC(C)CC(N)C(=O)N1CCCC1C(=O)NC(CCC(N)=O)C(=O)O. The summed E-state index contributed by atoms with van der Waals surface area (Å²) in [6, 6.07) is -2.64. The van der Waals surface area contributed by atoms with E-state index in [4.69, 9.17) is 11.5 Å². The van der Waals surface area contributed by atoms with Crippen LogP contribution in [0.4, 0.5) is 0 Å². The molecule has 0 aromatic carbocycles. The van der Waals surface area contributed by atoms with Crippen LogP contribution in [0.25, 0.3) is 0 Å². The summed E-state index contributed by atoms with van der Waals surface area (Å²) >= 11 is 0. The average Bonchev–Trinajstić information content (AvgIpc) is 2.98. The number of carboxylic acids is 1. The zero-order valence-electron chi connectivity index (χ0n) is 14.7. The average molecular weight is 356 g/mol. The van der Waals surface area contributed by atoms with Crippen LogP contribution in [0.5, 0.6) is 0 Å². The summed E-state index contributed by atoms with van der Waals surface area (Å²) in [7, 11) is 0. The molecular weight excluding hydrogens is 328 g/mol. The molecule has 3 atom stereocenters. The number of carboxylic acid groups (broad SMARTS) is 1. The number of rotatable bonds is 9. The van der Waals surface area contributed by atoms with Crippen LogP contribution >= 0.6 is 0 Å². The third kappa shape index (κ3) is 6.33. The Bertz CT molecular complexity index is 523. The molecule has 1 saturated heterocycles. The van der Waals surface area contributed by atoms with Crippen molar-refractivity contribution in [3.63, 3.8) is 0 Å². The first-order valence-corrected chi connectivity index (χ1v) is 8.51. The fourth-order valence-electron chi connectivity index (χ4n) is 2.94. The summed E-state index contributed by atoms with van der Waals surface area (Å²) in [5, 5.41) is 11.6. The minimum atomic E-state index is -1.25. The maximum absolute atomic E-state index is 12.5. The second-order valence-electron chi connectivity index (χ2n) is 6.83. The minimum absolute atomic E-state index is 0.0933. The molecule has 0 radical (unpaired) electrons. The zero-order chi connectivity index (χ0) is 19.1. The first kappa shape index (κ1) is 20.9. The van der Waals surface area contributed by atoms with Gasteiger partial charge < -0.3 is 26.8 Å². The van der Waals surface area contributed by atoms with Gasteiger partial charge in [0.25, 0.3) is 0 Å². The highest BCUT2D eigenvalue weighted by atomic mass is 16.4. The van der Waals surface area contributed by atoms with E-state index in [1.54, 1.807) is 0 Å². The quantitative estimate of drug-likeness (QED) is 0.423.